The fourth-order valence-corrected chi connectivity index (χ4v) is 2.48. The van der Waals surface area contributed by atoms with E-state index in [4.69, 9.17) is 10.2 Å². The van der Waals surface area contributed by atoms with Crippen molar-refractivity contribution in [3.8, 4) is 0 Å². The summed E-state index contributed by atoms with van der Waals surface area (Å²) >= 11 is 4.51. The zero-order chi connectivity index (χ0) is 10.6. The maximum atomic E-state index is 10.9. The van der Waals surface area contributed by atoms with E-state index < -0.39 is 5.97 Å². The molecule has 1 aromatic carbocycles. The van der Waals surface area contributed by atoms with Gasteiger partial charge in [0, 0.05) is 15.1 Å². The van der Waals surface area contributed by atoms with Gasteiger partial charge in [0.1, 0.15) is 0 Å². The quantitative estimate of drug-likeness (QED) is 0.829. The summed E-state index contributed by atoms with van der Waals surface area (Å²) in [5, 5.41) is 17.6. The molecule has 0 heterocycles. The Morgan fingerprint density at radius 3 is 2.79 bits per heavy atom. The van der Waals surface area contributed by atoms with E-state index in [2.05, 4.69) is 15.9 Å². The van der Waals surface area contributed by atoms with Crippen molar-refractivity contribution in [1.29, 1.82) is 0 Å². The molecular weight excluding hydrogens is 268 g/mol. The lowest BCUT2D eigenvalue weighted by Gasteiger charge is -2.06. The number of carboxylic acids is 1. The van der Waals surface area contributed by atoms with Crippen molar-refractivity contribution in [2.75, 3.05) is 12.4 Å². The van der Waals surface area contributed by atoms with Gasteiger partial charge in [0.15, 0.2) is 0 Å². The Morgan fingerprint density at radius 2 is 2.21 bits per heavy atom. The second-order valence-electron chi connectivity index (χ2n) is 2.49. The number of hydrogen-bond donors (Lipinski definition) is 2. The van der Waals surface area contributed by atoms with Crippen LogP contribution in [-0.2, 0) is 0 Å². The molecule has 0 radical (unpaired) electrons. The first-order valence-corrected chi connectivity index (χ1v) is 5.70. The molecule has 0 bridgehead atoms. The standard InChI is InChI=1S/C9H9BrO3S/c10-6-2-1-3-7(14-5-4-11)8(6)9(12)13/h1-3,11H,4-5H2,(H,12,13). The van der Waals surface area contributed by atoms with Crippen molar-refractivity contribution < 1.29 is 15.0 Å². The Hall–Kier alpha value is -0.520. The van der Waals surface area contributed by atoms with E-state index in [1.807, 2.05) is 0 Å². The van der Waals surface area contributed by atoms with Gasteiger partial charge in [-0.1, -0.05) is 6.07 Å². The number of thioether (sulfide) groups is 1. The largest absolute Gasteiger partial charge is 0.478 e. The SMILES string of the molecule is O=C(O)c1c(Br)cccc1SCCO. The predicted molar refractivity (Wildman–Crippen MR) is 58.9 cm³/mol. The number of rotatable bonds is 4. The van der Waals surface area contributed by atoms with E-state index in [0.29, 0.717) is 15.1 Å². The van der Waals surface area contributed by atoms with Gasteiger partial charge in [0.2, 0.25) is 0 Å². The Morgan fingerprint density at radius 1 is 1.50 bits per heavy atom. The van der Waals surface area contributed by atoms with Crippen molar-refractivity contribution >= 4 is 33.7 Å². The Labute approximate surface area is 94.3 Å². The number of benzene rings is 1. The first-order valence-electron chi connectivity index (χ1n) is 3.92. The number of aliphatic hydroxyl groups is 1. The fraction of sp³-hybridized carbons (Fsp3) is 0.222. The normalized spacial score (nSPS) is 10.1. The lowest BCUT2D eigenvalue weighted by atomic mass is 10.2. The highest BCUT2D eigenvalue weighted by atomic mass is 79.9. The van der Waals surface area contributed by atoms with Crippen molar-refractivity contribution in [3.63, 3.8) is 0 Å². The Balaban J connectivity index is 3.02. The lowest BCUT2D eigenvalue weighted by molar-refractivity contribution is 0.0692. The van der Waals surface area contributed by atoms with E-state index in [9.17, 15) is 4.79 Å². The van der Waals surface area contributed by atoms with Crippen LogP contribution in [0.4, 0.5) is 0 Å². The number of aromatic carboxylic acids is 1. The van der Waals surface area contributed by atoms with Gasteiger partial charge in [-0.25, -0.2) is 4.79 Å². The van der Waals surface area contributed by atoms with E-state index >= 15 is 0 Å². The molecule has 0 saturated heterocycles. The molecule has 76 valence electrons. The molecule has 0 amide bonds. The van der Waals surface area contributed by atoms with Gasteiger partial charge in [0.25, 0.3) is 0 Å². The fourth-order valence-electron chi connectivity index (χ4n) is 0.988. The smallest absolute Gasteiger partial charge is 0.337 e. The van der Waals surface area contributed by atoms with Crippen LogP contribution < -0.4 is 0 Å². The van der Waals surface area contributed by atoms with Crippen molar-refractivity contribution in [2.24, 2.45) is 0 Å². The van der Waals surface area contributed by atoms with Gasteiger partial charge in [0.05, 0.1) is 12.2 Å². The van der Waals surface area contributed by atoms with Crippen LogP contribution in [0.2, 0.25) is 0 Å². The molecule has 0 spiro atoms. The van der Waals surface area contributed by atoms with Crippen LogP contribution >= 0.6 is 27.7 Å². The molecular formula is C9H9BrO3S. The highest BCUT2D eigenvalue weighted by molar-refractivity contribution is 9.10. The van der Waals surface area contributed by atoms with Gasteiger partial charge in [-0.3, -0.25) is 0 Å². The lowest BCUT2D eigenvalue weighted by Crippen LogP contribution is -2.01. The second-order valence-corrected chi connectivity index (χ2v) is 4.48. The van der Waals surface area contributed by atoms with Crippen molar-refractivity contribution in [1.82, 2.24) is 0 Å². The molecule has 1 rings (SSSR count). The molecule has 0 saturated carbocycles. The molecule has 0 aromatic heterocycles. The molecule has 14 heavy (non-hydrogen) atoms. The number of halogens is 1. The van der Waals surface area contributed by atoms with E-state index in [1.54, 1.807) is 18.2 Å². The van der Waals surface area contributed by atoms with Crippen molar-refractivity contribution in [2.45, 2.75) is 4.90 Å². The maximum absolute atomic E-state index is 10.9. The molecule has 5 heteroatoms. The van der Waals surface area contributed by atoms with Crippen LogP contribution in [0, 0.1) is 0 Å². The summed E-state index contributed by atoms with van der Waals surface area (Å²) in [6.07, 6.45) is 0. The summed E-state index contributed by atoms with van der Waals surface area (Å²) in [6, 6.07) is 5.19. The topological polar surface area (TPSA) is 57.5 Å². The van der Waals surface area contributed by atoms with E-state index in [0.717, 1.165) is 0 Å². The summed E-state index contributed by atoms with van der Waals surface area (Å²) in [6.45, 7) is 0.0379. The van der Waals surface area contributed by atoms with Crippen LogP contribution in [0.25, 0.3) is 0 Å². The summed E-state index contributed by atoms with van der Waals surface area (Å²) < 4.78 is 0.563. The first-order chi connectivity index (χ1) is 6.66. The number of hydrogen-bond acceptors (Lipinski definition) is 3. The molecule has 0 fully saturated rings. The average Bonchev–Trinajstić information content (AvgIpc) is 2.14. The predicted octanol–water partition coefficient (Wildman–Crippen LogP) is 2.23. The summed E-state index contributed by atoms with van der Waals surface area (Å²) in [5.74, 6) is -0.464. The minimum Gasteiger partial charge on any atom is -0.478 e. The summed E-state index contributed by atoms with van der Waals surface area (Å²) in [5.41, 5.74) is 0.256. The molecule has 1 aromatic rings. The molecule has 3 nitrogen and oxygen atoms in total. The third-order valence-corrected chi connectivity index (χ3v) is 3.24. The Kier molecular flexibility index (Phi) is 4.44. The van der Waals surface area contributed by atoms with Gasteiger partial charge in [-0.2, -0.15) is 0 Å². The Bertz CT molecular complexity index is 341. The van der Waals surface area contributed by atoms with Crippen LogP contribution in [0.1, 0.15) is 10.4 Å². The highest BCUT2D eigenvalue weighted by Gasteiger charge is 2.13. The third-order valence-electron chi connectivity index (χ3n) is 1.54. The zero-order valence-electron chi connectivity index (χ0n) is 7.24. The minimum atomic E-state index is -0.960. The highest BCUT2D eigenvalue weighted by Crippen LogP contribution is 2.28. The number of aliphatic hydroxyl groups excluding tert-OH is 1. The van der Waals surface area contributed by atoms with Gasteiger partial charge in [-0.05, 0) is 28.1 Å². The molecule has 0 unspecified atom stereocenters. The molecule has 0 aliphatic carbocycles. The second kappa shape index (κ2) is 5.38. The van der Waals surface area contributed by atoms with Crippen LogP contribution in [0.3, 0.4) is 0 Å². The minimum absolute atomic E-state index is 0.0379. The molecule has 0 aliphatic heterocycles. The third kappa shape index (κ3) is 2.73. The van der Waals surface area contributed by atoms with E-state index in [1.165, 1.54) is 11.8 Å². The molecule has 2 N–H and O–H groups in total. The maximum Gasteiger partial charge on any atom is 0.337 e. The summed E-state index contributed by atoms with van der Waals surface area (Å²) in [7, 11) is 0. The summed E-state index contributed by atoms with van der Waals surface area (Å²) in [4.78, 5) is 11.6. The van der Waals surface area contributed by atoms with Gasteiger partial charge < -0.3 is 10.2 Å². The zero-order valence-corrected chi connectivity index (χ0v) is 9.64. The molecule has 0 atom stereocenters. The number of carboxylic acid groups (broad SMARTS) is 1. The monoisotopic (exact) mass is 276 g/mol. The van der Waals surface area contributed by atoms with Crippen LogP contribution in [-0.4, -0.2) is 28.5 Å². The van der Waals surface area contributed by atoms with Crippen LogP contribution in [0.15, 0.2) is 27.6 Å². The van der Waals surface area contributed by atoms with Gasteiger partial charge >= 0.3 is 5.97 Å². The average molecular weight is 277 g/mol. The van der Waals surface area contributed by atoms with E-state index in [-0.39, 0.29) is 12.2 Å². The van der Waals surface area contributed by atoms with Gasteiger partial charge in [-0.15, -0.1) is 11.8 Å². The number of carbonyl (C=O) groups is 1. The van der Waals surface area contributed by atoms with Crippen molar-refractivity contribution in [3.05, 3.63) is 28.2 Å². The molecule has 0 aliphatic rings. The first kappa shape index (κ1) is 11.6. The van der Waals surface area contributed by atoms with Crippen LogP contribution in [0.5, 0.6) is 0 Å².